The third-order valence-corrected chi connectivity index (χ3v) is 4.77. The van der Waals surface area contributed by atoms with E-state index >= 15 is 0 Å². The Morgan fingerprint density at radius 1 is 1.12 bits per heavy atom. The van der Waals surface area contributed by atoms with E-state index in [1.165, 1.54) is 11.1 Å². The number of amides is 2. The van der Waals surface area contributed by atoms with Crippen molar-refractivity contribution in [3.05, 3.63) is 52.8 Å². The largest absolute Gasteiger partial charge is 0.335 e. The average molecular weight is 354 g/mol. The lowest BCUT2D eigenvalue weighted by molar-refractivity contribution is -0.147. The fourth-order valence-electron chi connectivity index (χ4n) is 3.47. The van der Waals surface area contributed by atoms with E-state index in [-0.39, 0.29) is 18.4 Å². The molecule has 26 heavy (non-hydrogen) atoms. The molecule has 2 heterocycles. The molecule has 0 N–H and O–H groups in total. The van der Waals surface area contributed by atoms with Gasteiger partial charge in [-0.25, -0.2) is 0 Å². The molecule has 6 heteroatoms. The van der Waals surface area contributed by atoms with Gasteiger partial charge in [0, 0.05) is 25.8 Å². The summed E-state index contributed by atoms with van der Waals surface area (Å²) < 4.78 is 1.66. The summed E-state index contributed by atoms with van der Waals surface area (Å²) in [6.45, 7) is 9.73. The van der Waals surface area contributed by atoms with Crippen LogP contribution >= 0.6 is 0 Å². The van der Waals surface area contributed by atoms with Crippen molar-refractivity contribution >= 4 is 11.8 Å². The smallest absolute Gasteiger partial charge is 0.247 e. The molecule has 1 aliphatic rings. The molecule has 0 unspecified atom stereocenters. The maximum Gasteiger partial charge on any atom is 0.247 e. The maximum atomic E-state index is 12.7. The zero-order valence-electron chi connectivity index (χ0n) is 15.9. The average Bonchev–Trinajstić information content (AvgIpc) is 3.01. The number of aromatic nitrogens is 2. The van der Waals surface area contributed by atoms with Gasteiger partial charge in [-0.3, -0.25) is 14.3 Å². The predicted octanol–water partition coefficient (Wildman–Crippen LogP) is 2.24. The van der Waals surface area contributed by atoms with E-state index < -0.39 is 6.04 Å². The number of aryl methyl sites for hydroxylation is 3. The van der Waals surface area contributed by atoms with Crippen molar-refractivity contribution in [3.63, 3.8) is 0 Å². The van der Waals surface area contributed by atoms with E-state index in [1.54, 1.807) is 15.8 Å². The van der Waals surface area contributed by atoms with Gasteiger partial charge in [-0.1, -0.05) is 29.3 Å². The molecule has 1 saturated heterocycles. The number of hydrogen-bond acceptors (Lipinski definition) is 3. The van der Waals surface area contributed by atoms with Gasteiger partial charge in [-0.2, -0.15) is 5.10 Å². The summed E-state index contributed by atoms with van der Waals surface area (Å²) in [5.74, 6) is -0.0693. The normalized spacial score (nSPS) is 16.1. The minimum absolute atomic E-state index is 0.00685. The van der Waals surface area contributed by atoms with Crippen molar-refractivity contribution in [1.29, 1.82) is 0 Å². The second-order valence-corrected chi connectivity index (χ2v) is 7.24. The number of hydrogen-bond donors (Lipinski definition) is 0. The highest BCUT2D eigenvalue weighted by atomic mass is 16.2. The first-order chi connectivity index (χ1) is 12.3. The van der Waals surface area contributed by atoms with E-state index in [9.17, 15) is 9.59 Å². The third-order valence-electron chi connectivity index (χ3n) is 4.77. The number of rotatable bonds is 4. The number of carbonyl (C=O) groups is 2. The highest BCUT2D eigenvalue weighted by molar-refractivity contribution is 5.87. The summed E-state index contributed by atoms with van der Waals surface area (Å²) in [5, 5.41) is 4.21. The van der Waals surface area contributed by atoms with Gasteiger partial charge in [-0.05, 0) is 38.8 Å². The zero-order valence-corrected chi connectivity index (χ0v) is 15.9. The second-order valence-electron chi connectivity index (χ2n) is 7.24. The molecule has 0 radical (unpaired) electrons. The van der Waals surface area contributed by atoms with Gasteiger partial charge in [-0.15, -0.1) is 0 Å². The van der Waals surface area contributed by atoms with Crippen molar-refractivity contribution in [1.82, 2.24) is 19.6 Å². The molecule has 6 nitrogen and oxygen atoms in total. The molecule has 2 amide bonds. The lowest BCUT2D eigenvalue weighted by Crippen LogP contribution is -2.53. The molecule has 0 aliphatic carbocycles. The Hall–Kier alpha value is -2.63. The lowest BCUT2D eigenvalue weighted by Gasteiger charge is -2.35. The molecule has 1 aromatic carbocycles. The molecule has 0 spiro atoms. The van der Waals surface area contributed by atoms with Gasteiger partial charge in [0.1, 0.15) is 6.04 Å². The summed E-state index contributed by atoms with van der Waals surface area (Å²) >= 11 is 0. The highest BCUT2D eigenvalue weighted by Crippen LogP contribution is 2.16. The Kier molecular flexibility index (Phi) is 5.11. The minimum Gasteiger partial charge on any atom is -0.335 e. The van der Waals surface area contributed by atoms with Crippen LogP contribution in [-0.4, -0.2) is 51.0 Å². The molecule has 1 aromatic heterocycles. The molecule has 0 saturated carbocycles. The lowest BCUT2D eigenvalue weighted by atomic mass is 10.1. The van der Waals surface area contributed by atoms with Crippen LogP contribution in [0, 0.1) is 20.8 Å². The van der Waals surface area contributed by atoms with Crippen molar-refractivity contribution in [2.45, 2.75) is 40.3 Å². The summed E-state index contributed by atoms with van der Waals surface area (Å²) in [6, 6.07) is 5.95. The summed E-state index contributed by atoms with van der Waals surface area (Å²) in [5.41, 5.74) is 4.55. The fourth-order valence-corrected chi connectivity index (χ4v) is 3.47. The topological polar surface area (TPSA) is 58.4 Å². The molecule has 1 fully saturated rings. The van der Waals surface area contributed by atoms with E-state index in [1.807, 2.05) is 24.9 Å². The van der Waals surface area contributed by atoms with Crippen LogP contribution in [0.2, 0.25) is 0 Å². The zero-order chi connectivity index (χ0) is 18.8. The molecule has 1 aliphatic heterocycles. The first-order valence-corrected chi connectivity index (χ1v) is 8.98. The van der Waals surface area contributed by atoms with Crippen LogP contribution in [-0.2, 0) is 16.1 Å². The fraction of sp³-hybridized carbons (Fsp3) is 0.450. The molecule has 0 bridgehead atoms. The van der Waals surface area contributed by atoms with Crippen LogP contribution < -0.4 is 0 Å². The molecule has 2 aromatic rings. The maximum absolute atomic E-state index is 12.7. The Morgan fingerprint density at radius 3 is 2.38 bits per heavy atom. The second kappa shape index (κ2) is 7.32. The molecule has 3 rings (SSSR count). The van der Waals surface area contributed by atoms with E-state index in [0.29, 0.717) is 19.6 Å². The first-order valence-electron chi connectivity index (χ1n) is 8.98. The van der Waals surface area contributed by atoms with E-state index in [4.69, 9.17) is 0 Å². The Morgan fingerprint density at radius 2 is 1.81 bits per heavy atom. The number of piperazine rings is 1. The van der Waals surface area contributed by atoms with Crippen molar-refractivity contribution in [3.8, 4) is 0 Å². The van der Waals surface area contributed by atoms with E-state index in [0.717, 1.165) is 11.1 Å². The van der Waals surface area contributed by atoms with Crippen molar-refractivity contribution < 1.29 is 9.59 Å². The summed E-state index contributed by atoms with van der Waals surface area (Å²) in [6.07, 6.45) is 3.58. The number of carbonyl (C=O) groups excluding carboxylic acids is 2. The monoisotopic (exact) mass is 354 g/mol. The molecular formula is C20H26N4O2. The first kappa shape index (κ1) is 18.2. The summed E-state index contributed by atoms with van der Waals surface area (Å²) in [4.78, 5) is 28.7. The number of nitrogens with zero attached hydrogens (tertiary/aromatic N) is 4. The quantitative estimate of drug-likeness (QED) is 0.846. The van der Waals surface area contributed by atoms with Crippen LogP contribution in [0.15, 0.2) is 30.6 Å². The Balaban J connectivity index is 1.62. The van der Waals surface area contributed by atoms with Crippen LogP contribution in [0.4, 0.5) is 0 Å². The van der Waals surface area contributed by atoms with Gasteiger partial charge in [0.2, 0.25) is 11.8 Å². The Labute approximate surface area is 154 Å². The van der Waals surface area contributed by atoms with Crippen LogP contribution in [0.5, 0.6) is 0 Å². The van der Waals surface area contributed by atoms with Crippen LogP contribution in [0.1, 0.15) is 35.2 Å². The molecular weight excluding hydrogens is 328 g/mol. The van der Waals surface area contributed by atoms with Crippen LogP contribution in [0.25, 0.3) is 0 Å². The molecule has 138 valence electrons. The van der Waals surface area contributed by atoms with Crippen molar-refractivity contribution in [2.75, 3.05) is 19.6 Å². The number of benzene rings is 1. The van der Waals surface area contributed by atoms with Gasteiger partial charge < -0.3 is 9.80 Å². The standard InChI is InChI=1S/C20H26N4O2/c1-14-7-15(2)9-18(8-14)12-22-5-6-23(13-19(22)25)20(26)17(4)24-11-16(3)10-21-24/h7-11,17H,5-6,12-13H2,1-4H3/t17-/m0/s1. The summed E-state index contributed by atoms with van der Waals surface area (Å²) in [7, 11) is 0. The van der Waals surface area contributed by atoms with Gasteiger partial charge in [0.25, 0.3) is 0 Å². The van der Waals surface area contributed by atoms with Gasteiger partial charge in [0.15, 0.2) is 0 Å². The van der Waals surface area contributed by atoms with Gasteiger partial charge >= 0.3 is 0 Å². The predicted molar refractivity (Wildman–Crippen MR) is 99.6 cm³/mol. The third kappa shape index (κ3) is 3.95. The minimum atomic E-state index is -0.400. The van der Waals surface area contributed by atoms with E-state index in [2.05, 4.69) is 37.1 Å². The van der Waals surface area contributed by atoms with Crippen LogP contribution in [0.3, 0.4) is 0 Å². The van der Waals surface area contributed by atoms with Crippen molar-refractivity contribution in [2.24, 2.45) is 0 Å². The molecule has 1 atom stereocenters. The van der Waals surface area contributed by atoms with Gasteiger partial charge in [0.05, 0.1) is 12.7 Å². The highest BCUT2D eigenvalue weighted by Gasteiger charge is 2.30. The SMILES string of the molecule is Cc1cc(C)cc(CN2CCN(C(=O)[C@H](C)n3cc(C)cn3)CC2=O)c1. The Bertz CT molecular complexity index is 807.